The van der Waals surface area contributed by atoms with Crippen LogP contribution in [0.4, 0.5) is 29.1 Å². The second kappa shape index (κ2) is 8.34. The van der Waals surface area contributed by atoms with Gasteiger partial charge >= 0.3 is 6.18 Å². The molecule has 1 saturated heterocycles. The van der Waals surface area contributed by atoms with E-state index in [1.807, 2.05) is 12.1 Å². The van der Waals surface area contributed by atoms with Crippen LogP contribution in [0.5, 0.6) is 0 Å². The van der Waals surface area contributed by atoms with E-state index in [1.54, 1.807) is 24.5 Å². The van der Waals surface area contributed by atoms with Crippen molar-refractivity contribution in [2.45, 2.75) is 44.1 Å². The summed E-state index contributed by atoms with van der Waals surface area (Å²) in [5, 5.41) is 3.02. The zero-order valence-corrected chi connectivity index (χ0v) is 18.1. The number of nitrogens with one attached hydrogen (secondary N) is 1. The summed E-state index contributed by atoms with van der Waals surface area (Å²) in [5.74, 6) is -0.542. The number of nitrogens with zero attached hydrogens (tertiary/aromatic N) is 4. The molecule has 0 amide bonds. The maximum atomic E-state index is 14.4. The Hall–Kier alpha value is -3.56. The van der Waals surface area contributed by atoms with Crippen molar-refractivity contribution in [2.75, 3.05) is 10.2 Å². The van der Waals surface area contributed by atoms with Crippen molar-refractivity contribution in [3.63, 3.8) is 0 Å². The Labute approximate surface area is 193 Å². The highest BCUT2D eigenvalue weighted by atomic mass is 19.4. The normalized spacial score (nSPS) is 23.9. The smallest absolute Gasteiger partial charge is 0.363 e. The summed E-state index contributed by atoms with van der Waals surface area (Å²) >= 11 is 0. The predicted molar refractivity (Wildman–Crippen MR) is 118 cm³/mol. The molecule has 3 aromatic rings. The number of carbonyl (C=O) groups is 1. The highest BCUT2D eigenvalue weighted by Crippen LogP contribution is 2.47. The van der Waals surface area contributed by atoms with E-state index in [0.717, 1.165) is 24.8 Å². The van der Waals surface area contributed by atoms with E-state index in [4.69, 9.17) is 0 Å². The van der Waals surface area contributed by atoms with Crippen molar-refractivity contribution in [1.29, 1.82) is 0 Å². The molecule has 0 radical (unpaired) electrons. The monoisotopic (exact) mass is 471 g/mol. The summed E-state index contributed by atoms with van der Waals surface area (Å²) in [7, 11) is 0. The first-order chi connectivity index (χ1) is 16.3. The molecule has 3 heterocycles. The molecule has 10 heteroatoms. The molecule has 1 aliphatic carbocycles. The number of halogens is 4. The van der Waals surface area contributed by atoms with E-state index in [0.29, 0.717) is 29.2 Å². The molecule has 1 aliphatic heterocycles. The first kappa shape index (κ1) is 22.2. The number of pyridine rings is 1. The van der Waals surface area contributed by atoms with Gasteiger partial charge in [0.15, 0.2) is 23.7 Å². The minimum absolute atomic E-state index is 0.0888. The fourth-order valence-corrected chi connectivity index (χ4v) is 5.25. The lowest BCUT2D eigenvalue weighted by Gasteiger charge is -2.40. The Balaban J connectivity index is 1.46. The van der Waals surface area contributed by atoms with Crippen molar-refractivity contribution in [2.24, 2.45) is 5.92 Å². The summed E-state index contributed by atoms with van der Waals surface area (Å²) < 4.78 is 53.0. The van der Waals surface area contributed by atoms with Gasteiger partial charge in [-0.2, -0.15) is 13.2 Å². The Morgan fingerprint density at radius 1 is 1.12 bits per heavy atom. The number of carbonyl (C=O) groups excluding carboxylic acids is 1. The molecule has 5 rings (SSSR count). The number of benzene rings is 1. The van der Waals surface area contributed by atoms with Gasteiger partial charge in [-0.05, 0) is 43.9 Å². The van der Waals surface area contributed by atoms with Crippen LogP contribution in [0.2, 0.25) is 0 Å². The molecule has 176 valence electrons. The zero-order valence-electron chi connectivity index (χ0n) is 18.1. The van der Waals surface area contributed by atoms with E-state index in [1.165, 1.54) is 0 Å². The number of aldehydes is 1. The van der Waals surface area contributed by atoms with E-state index in [-0.39, 0.29) is 29.9 Å². The Morgan fingerprint density at radius 3 is 2.53 bits per heavy atom. The largest absolute Gasteiger partial charge is 0.417 e. The fourth-order valence-electron chi connectivity index (χ4n) is 5.25. The predicted octanol–water partition coefficient (Wildman–Crippen LogP) is 4.98. The molecule has 2 bridgehead atoms. The van der Waals surface area contributed by atoms with Crippen LogP contribution >= 0.6 is 0 Å². The second-order valence-corrected chi connectivity index (χ2v) is 8.68. The van der Waals surface area contributed by atoms with Crippen LogP contribution in [0.1, 0.15) is 35.7 Å². The quantitative estimate of drug-likeness (QED) is 0.418. The maximum absolute atomic E-state index is 14.4. The van der Waals surface area contributed by atoms with Gasteiger partial charge in [-0.25, -0.2) is 19.3 Å². The van der Waals surface area contributed by atoms with Crippen LogP contribution in [-0.2, 0) is 6.18 Å². The number of alkyl halides is 3. The molecule has 4 atom stereocenters. The number of piperidine rings is 1. The van der Waals surface area contributed by atoms with E-state index in [9.17, 15) is 22.4 Å². The minimum Gasteiger partial charge on any atom is -0.363 e. The highest BCUT2D eigenvalue weighted by molar-refractivity contribution is 5.94. The molecule has 2 aliphatic rings. The van der Waals surface area contributed by atoms with Gasteiger partial charge < -0.3 is 10.2 Å². The lowest BCUT2D eigenvalue weighted by molar-refractivity contribution is -0.138. The van der Waals surface area contributed by atoms with Gasteiger partial charge in [-0.3, -0.25) is 4.79 Å². The molecule has 1 aromatic carbocycles. The number of anilines is 2. The fraction of sp³-hybridized carbons (Fsp3) is 0.333. The van der Waals surface area contributed by atoms with Gasteiger partial charge in [0.05, 0.1) is 5.56 Å². The number of rotatable bonds is 5. The lowest BCUT2D eigenvalue weighted by atomic mass is 9.95. The van der Waals surface area contributed by atoms with Crippen LogP contribution < -0.4 is 10.2 Å². The first-order valence-electron chi connectivity index (χ1n) is 10.9. The molecular weight excluding hydrogens is 450 g/mol. The Kier molecular flexibility index (Phi) is 5.45. The summed E-state index contributed by atoms with van der Waals surface area (Å²) in [6, 6.07) is 7.44. The van der Waals surface area contributed by atoms with Gasteiger partial charge in [0.1, 0.15) is 0 Å². The van der Waals surface area contributed by atoms with E-state index < -0.39 is 17.6 Å². The van der Waals surface area contributed by atoms with Crippen molar-refractivity contribution >= 4 is 17.8 Å². The molecule has 1 N–H and O–H groups in total. The molecule has 1 saturated carbocycles. The van der Waals surface area contributed by atoms with E-state index >= 15 is 0 Å². The maximum Gasteiger partial charge on any atom is 0.417 e. The van der Waals surface area contributed by atoms with Crippen LogP contribution in [0, 0.1) is 11.7 Å². The molecular formula is C24H21F4N5O. The van der Waals surface area contributed by atoms with Crippen LogP contribution in [-0.4, -0.2) is 39.4 Å². The highest BCUT2D eigenvalue weighted by Gasteiger charge is 2.50. The van der Waals surface area contributed by atoms with Gasteiger partial charge in [-0.1, -0.05) is 12.1 Å². The van der Waals surface area contributed by atoms with Crippen molar-refractivity contribution in [3.05, 3.63) is 65.9 Å². The SMILES string of the molecule is C[C@@H]1[C@H]2C[C@@H](Nc3ncc(C(F)(F)F)cc3F)[C@H](C2)N1c1cccc(-c2ncccn2)c1C=O. The average Bonchev–Trinajstić information content (AvgIpc) is 3.37. The second-order valence-electron chi connectivity index (χ2n) is 8.68. The van der Waals surface area contributed by atoms with Crippen molar-refractivity contribution in [3.8, 4) is 11.4 Å². The zero-order chi connectivity index (χ0) is 24.0. The third kappa shape index (κ3) is 3.76. The average molecular weight is 471 g/mol. The van der Waals surface area contributed by atoms with Crippen LogP contribution in [0.15, 0.2) is 48.9 Å². The number of hydrogen-bond donors (Lipinski definition) is 1. The lowest BCUT2D eigenvalue weighted by Crippen LogP contribution is -2.49. The third-order valence-corrected chi connectivity index (χ3v) is 6.82. The molecule has 34 heavy (non-hydrogen) atoms. The van der Waals surface area contributed by atoms with Crippen molar-refractivity contribution < 1.29 is 22.4 Å². The summed E-state index contributed by atoms with van der Waals surface area (Å²) in [6.45, 7) is 2.08. The summed E-state index contributed by atoms with van der Waals surface area (Å²) in [6.07, 6.45) is 1.51. The Morgan fingerprint density at radius 2 is 1.88 bits per heavy atom. The van der Waals surface area contributed by atoms with Gasteiger partial charge in [0, 0.05) is 53.5 Å². The van der Waals surface area contributed by atoms with E-state index in [2.05, 4.69) is 32.1 Å². The number of hydrogen-bond acceptors (Lipinski definition) is 6. The first-order valence-corrected chi connectivity index (χ1v) is 10.9. The van der Waals surface area contributed by atoms with Crippen molar-refractivity contribution in [1.82, 2.24) is 15.0 Å². The van der Waals surface area contributed by atoms with Gasteiger partial charge in [0.2, 0.25) is 0 Å². The summed E-state index contributed by atoms with van der Waals surface area (Å²) in [4.78, 5) is 26.5. The molecule has 0 spiro atoms. The number of aromatic nitrogens is 3. The molecule has 6 nitrogen and oxygen atoms in total. The minimum atomic E-state index is -4.66. The molecule has 2 aromatic heterocycles. The van der Waals surface area contributed by atoms with Gasteiger partial charge in [-0.15, -0.1) is 0 Å². The van der Waals surface area contributed by atoms with Gasteiger partial charge in [0.25, 0.3) is 0 Å². The molecule has 2 fully saturated rings. The van der Waals surface area contributed by atoms with Crippen LogP contribution in [0.25, 0.3) is 11.4 Å². The van der Waals surface area contributed by atoms with Crippen LogP contribution in [0.3, 0.4) is 0 Å². The topological polar surface area (TPSA) is 71.0 Å². The molecule has 0 unspecified atom stereocenters. The number of fused-ring (bicyclic) bond motifs is 2. The summed E-state index contributed by atoms with van der Waals surface area (Å²) in [5.41, 5.74) is 0.676. The standard InChI is InChI=1S/C24H21F4N5O/c1-13-14-8-19(32-23-18(25)10-15(11-31-23)24(26,27)28)21(9-14)33(13)20-5-2-4-16(17(20)12-34)22-29-6-3-7-30-22/h2-7,10-14,19,21H,8-9H2,1H3,(H,31,32)/t13-,14+,19-,21+/m1/s1. The Bertz CT molecular complexity index is 1220. The third-order valence-electron chi connectivity index (χ3n) is 6.82.